The lowest BCUT2D eigenvalue weighted by atomic mass is 9.78. The Balaban J connectivity index is 2.66. The summed E-state index contributed by atoms with van der Waals surface area (Å²) >= 11 is 0. The first-order valence-electron chi connectivity index (χ1n) is 7.13. The van der Waals surface area contributed by atoms with Crippen molar-refractivity contribution >= 4 is 0 Å². The van der Waals surface area contributed by atoms with E-state index in [0.29, 0.717) is 12.0 Å². The summed E-state index contributed by atoms with van der Waals surface area (Å²) < 4.78 is 19.6. The van der Waals surface area contributed by atoms with Crippen LogP contribution in [0, 0.1) is 19.7 Å². The molecule has 0 saturated carbocycles. The fraction of sp³-hybridized carbons (Fsp3) is 0.333. The van der Waals surface area contributed by atoms with Crippen LogP contribution in [0.1, 0.15) is 35.6 Å². The summed E-state index contributed by atoms with van der Waals surface area (Å²) in [7, 11) is 1.65. The lowest BCUT2D eigenvalue weighted by Crippen LogP contribution is -2.39. The van der Waals surface area contributed by atoms with Crippen molar-refractivity contribution in [2.24, 2.45) is 5.73 Å². The second-order valence-corrected chi connectivity index (χ2v) is 5.44. The van der Waals surface area contributed by atoms with Gasteiger partial charge in [-0.3, -0.25) is 0 Å². The van der Waals surface area contributed by atoms with E-state index in [9.17, 15) is 4.39 Å². The van der Waals surface area contributed by atoms with Gasteiger partial charge < -0.3 is 10.5 Å². The van der Waals surface area contributed by atoms with Gasteiger partial charge in [-0.1, -0.05) is 25.1 Å². The van der Waals surface area contributed by atoms with Gasteiger partial charge in [-0.25, -0.2) is 4.39 Å². The summed E-state index contributed by atoms with van der Waals surface area (Å²) in [5.74, 6) is 0.554. The number of nitrogens with two attached hydrogens (primary N) is 1. The molecule has 1 atom stereocenters. The van der Waals surface area contributed by atoms with Gasteiger partial charge in [-0.15, -0.1) is 0 Å². The van der Waals surface area contributed by atoms with E-state index in [1.807, 2.05) is 39.0 Å². The SMILES string of the molecule is CCC(N)(c1cc(C)c(OC)cc1C)c1ccccc1F. The van der Waals surface area contributed by atoms with Crippen LogP contribution in [-0.2, 0) is 5.54 Å². The van der Waals surface area contributed by atoms with Crippen LogP contribution in [-0.4, -0.2) is 7.11 Å². The van der Waals surface area contributed by atoms with Crippen molar-refractivity contribution in [1.29, 1.82) is 0 Å². The van der Waals surface area contributed by atoms with Crippen LogP contribution in [0.5, 0.6) is 5.75 Å². The van der Waals surface area contributed by atoms with Crippen molar-refractivity contribution in [3.63, 3.8) is 0 Å². The first-order valence-corrected chi connectivity index (χ1v) is 7.13. The monoisotopic (exact) mass is 287 g/mol. The molecule has 0 heterocycles. The molecule has 2 rings (SSSR count). The predicted molar refractivity (Wildman–Crippen MR) is 84.1 cm³/mol. The first kappa shape index (κ1) is 15.5. The van der Waals surface area contributed by atoms with E-state index >= 15 is 0 Å². The van der Waals surface area contributed by atoms with Gasteiger partial charge in [-0.2, -0.15) is 0 Å². The molecule has 1 unspecified atom stereocenters. The molecule has 0 aliphatic heterocycles. The molecule has 0 aliphatic carbocycles. The van der Waals surface area contributed by atoms with Crippen molar-refractivity contribution in [2.75, 3.05) is 7.11 Å². The van der Waals surface area contributed by atoms with Gasteiger partial charge >= 0.3 is 0 Å². The highest BCUT2D eigenvalue weighted by molar-refractivity contribution is 5.49. The van der Waals surface area contributed by atoms with Gasteiger partial charge in [0.05, 0.1) is 12.6 Å². The molecule has 21 heavy (non-hydrogen) atoms. The Morgan fingerprint density at radius 1 is 1.10 bits per heavy atom. The summed E-state index contributed by atoms with van der Waals surface area (Å²) in [6.45, 7) is 5.93. The van der Waals surface area contributed by atoms with Crippen LogP contribution in [0.3, 0.4) is 0 Å². The Morgan fingerprint density at radius 3 is 2.33 bits per heavy atom. The van der Waals surface area contributed by atoms with Crippen molar-refractivity contribution in [2.45, 2.75) is 32.7 Å². The summed E-state index contributed by atoms with van der Waals surface area (Å²) in [6.07, 6.45) is 0.612. The molecule has 3 heteroatoms. The average Bonchev–Trinajstić information content (AvgIpc) is 2.49. The highest BCUT2D eigenvalue weighted by Gasteiger charge is 2.32. The lowest BCUT2D eigenvalue weighted by molar-refractivity contribution is 0.409. The van der Waals surface area contributed by atoms with Crippen molar-refractivity contribution in [3.05, 3.63) is 64.5 Å². The Hall–Kier alpha value is -1.87. The molecule has 0 bridgehead atoms. The van der Waals surface area contributed by atoms with E-state index in [4.69, 9.17) is 10.5 Å². The van der Waals surface area contributed by atoms with E-state index < -0.39 is 5.54 Å². The van der Waals surface area contributed by atoms with Gasteiger partial charge in [0.1, 0.15) is 11.6 Å². The second kappa shape index (κ2) is 5.86. The molecule has 0 saturated heterocycles. The highest BCUT2D eigenvalue weighted by Crippen LogP contribution is 2.36. The molecule has 112 valence electrons. The number of hydrogen-bond acceptors (Lipinski definition) is 2. The van der Waals surface area contributed by atoms with Crippen molar-refractivity contribution in [1.82, 2.24) is 0 Å². The maximum absolute atomic E-state index is 14.2. The molecule has 0 fully saturated rings. The molecule has 0 radical (unpaired) electrons. The van der Waals surface area contributed by atoms with E-state index in [1.165, 1.54) is 6.07 Å². The van der Waals surface area contributed by atoms with Crippen LogP contribution in [0.25, 0.3) is 0 Å². The minimum absolute atomic E-state index is 0.269. The number of rotatable bonds is 4. The highest BCUT2D eigenvalue weighted by atomic mass is 19.1. The Labute approximate surface area is 125 Å². The van der Waals surface area contributed by atoms with Gasteiger partial charge in [-0.05, 0) is 55.2 Å². The molecular formula is C18H22FNO. The minimum Gasteiger partial charge on any atom is -0.496 e. The molecule has 0 spiro atoms. The predicted octanol–water partition coefficient (Wildman–Crippen LogP) is 4.06. The molecule has 0 aromatic heterocycles. The minimum atomic E-state index is -0.841. The molecule has 2 aromatic carbocycles. The zero-order chi connectivity index (χ0) is 15.6. The fourth-order valence-corrected chi connectivity index (χ4v) is 2.84. The average molecular weight is 287 g/mol. The molecule has 0 amide bonds. The number of benzene rings is 2. The summed E-state index contributed by atoms with van der Waals surface area (Å²) in [5.41, 5.74) is 9.25. The third-order valence-corrected chi connectivity index (χ3v) is 4.13. The van der Waals surface area contributed by atoms with Crippen LogP contribution in [0.2, 0.25) is 0 Å². The summed E-state index contributed by atoms with van der Waals surface area (Å²) in [6, 6.07) is 10.7. The van der Waals surface area contributed by atoms with E-state index in [2.05, 4.69) is 0 Å². The zero-order valence-electron chi connectivity index (χ0n) is 13.0. The van der Waals surface area contributed by atoms with Gasteiger partial charge in [0.2, 0.25) is 0 Å². The number of methoxy groups -OCH3 is 1. The maximum atomic E-state index is 14.2. The topological polar surface area (TPSA) is 35.2 Å². The second-order valence-electron chi connectivity index (χ2n) is 5.44. The van der Waals surface area contributed by atoms with Crippen molar-refractivity contribution in [3.8, 4) is 5.75 Å². The smallest absolute Gasteiger partial charge is 0.128 e. The maximum Gasteiger partial charge on any atom is 0.128 e. The largest absolute Gasteiger partial charge is 0.496 e. The van der Waals surface area contributed by atoms with Gasteiger partial charge in [0.25, 0.3) is 0 Å². The number of ether oxygens (including phenoxy) is 1. The fourth-order valence-electron chi connectivity index (χ4n) is 2.84. The molecule has 2 N–H and O–H groups in total. The number of hydrogen-bond donors (Lipinski definition) is 1. The molecular weight excluding hydrogens is 265 g/mol. The van der Waals surface area contributed by atoms with Crippen molar-refractivity contribution < 1.29 is 9.13 Å². The lowest BCUT2D eigenvalue weighted by Gasteiger charge is -2.32. The van der Waals surface area contributed by atoms with Gasteiger partial charge in [0.15, 0.2) is 0 Å². The normalized spacial score (nSPS) is 13.8. The number of aryl methyl sites for hydroxylation is 2. The zero-order valence-corrected chi connectivity index (χ0v) is 13.0. The Morgan fingerprint density at radius 2 is 1.76 bits per heavy atom. The number of halogens is 1. The summed E-state index contributed by atoms with van der Waals surface area (Å²) in [5, 5.41) is 0. The quantitative estimate of drug-likeness (QED) is 0.920. The summed E-state index contributed by atoms with van der Waals surface area (Å²) in [4.78, 5) is 0. The van der Waals surface area contributed by atoms with E-state index in [0.717, 1.165) is 22.4 Å². The van der Waals surface area contributed by atoms with E-state index in [-0.39, 0.29) is 5.82 Å². The van der Waals surface area contributed by atoms with Gasteiger partial charge in [0, 0.05) is 5.56 Å². The Kier molecular flexibility index (Phi) is 4.33. The first-order chi connectivity index (χ1) is 9.93. The standard InChI is InChI=1S/C18H22FNO/c1-5-18(20,14-8-6-7-9-16(14)19)15-10-13(3)17(21-4)11-12(15)2/h6-11H,5,20H2,1-4H3. The van der Waals surface area contributed by atoms with E-state index in [1.54, 1.807) is 19.2 Å². The van der Waals surface area contributed by atoms with Crippen LogP contribution in [0.15, 0.2) is 36.4 Å². The third kappa shape index (κ3) is 2.66. The molecule has 0 aliphatic rings. The Bertz CT molecular complexity index is 654. The molecule has 2 nitrogen and oxygen atoms in total. The van der Waals surface area contributed by atoms with Crippen LogP contribution < -0.4 is 10.5 Å². The third-order valence-electron chi connectivity index (χ3n) is 4.13. The van der Waals surface area contributed by atoms with Crippen LogP contribution >= 0.6 is 0 Å². The molecule has 2 aromatic rings. The van der Waals surface area contributed by atoms with Crippen LogP contribution in [0.4, 0.5) is 4.39 Å².